The number of pyridine rings is 1. The second-order valence-corrected chi connectivity index (χ2v) is 8.61. The number of aromatic nitrogens is 1. The number of benzene rings is 1. The fraction of sp³-hybridized carbons (Fsp3) is 0.435. The third kappa shape index (κ3) is 4.45. The van der Waals surface area contributed by atoms with Crippen LogP contribution in [0, 0.1) is 18.3 Å². The van der Waals surface area contributed by atoms with Gasteiger partial charge in [-0.1, -0.05) is 30.0 Å². The second kappa shape index (κ2) is 9.50. The standard InChI is InChI=1S/C23H26N4O2S/c1-16-6-2-5-9-20(16)25-21(28)15-30-23-19(14-24)17-7-3-4-8-18(17)22(26-23)27-10-12-29-13-11-27/h2,5-6,9H,3-4,7-8,10-13,15H2,1H3,(H,25,28). The van der Waals surface area contributed by atoms with Crippen LogP contribution in [0.3, 0.4) is 0 Å². The number of rotatable bonds is 5. The molecule has 1 amide bonds. The van der Waals surface area contributed by atoms with Crippen LogP contribution >= 0.6 is 11.8 Å². The molecule has 4 rings (SSSR count). The number of morpholine rings is 1. The summed E-state index contributed by atoms with van der Waals surface area (Å²) in [5, 5.41) is 13.5. The third-order valence-corrected chi connectivity index (χ3v) is 6.62. The highest BCUT2D eigenvalue weighted by Crippen LogP contribution is 2.36. The number of fused-ring (bicyclic) bond motifs is 1. The first-order chi connectivity index (χ1) is 14.7. The van der Waals surface area contributed by atoms with Crippen LogP contribution < -0.4 is 10.2 Å². The van der Waals surface area contributed by atoms with Gasteiger partial charge in [-0.2, -0.15) is 5.26 Å². The molecule has 0 unspecified atom stereocenters. The van der Waals surface area contributed by atoms with Gasteiger partial charge in [-0.3, -0.25) is 4.79 Å². The summed E-state index contributed by atoms with van der Waals surface area (Å²) in [6.07, 6.45) is 4.08. The fourth-order valence-corrected chi connectivity index (χ4v) is 4.87. The summed E-state index contributed by atoms with van der Waals surface area (Å²) in [5.74, 6) is 1.11. The molecule has 1 N–H and O–H groups in total. The lowest BCUT2D eigenvalue weighted by atomic mass is 9.89. The molecule has 1 aliphatic heterocycles. The van der Waals surface area contributed by atoms with E-state index in [1.165, 1.54) is 17.3 Å². The quantitative estimate of drug-likeness (QED) is 0.740. The molecule has 0 atom stereocenters. The molecule has 0 radical (unpaired) electrons. The van der Waals surface area contributed by atoms with Gasteiger partial charge in [0.1, 0.15) is 16.9 Å². The Balaban J connectivity index is 1.58. The highest BCUT2D eigenvalue weighted by atomic mass is 32.2. The van der Waals surface area contributed by atoms with E-state index in [0.29, 0.717) is 23.8 Å². The molecule has 1 fully saturated rings. The summed E-state index contributed by atoms with van der Waals surface area (Å²) in [6.45, 7) is 4.97. The zero-order valence-electron chi connectivity index (χ0n) is 17.2. The van der Waals surface area contributed by atoms with E-state index in [9.17, 15) is 10.1 Å². The van der Waals surface area contributed by atoms with Gasteiger partial charge in [0.25, 0.3) is 0 Å². The monoisotopic (exact) mass is 422 g/mol. The van der Waals surface area contributed by atoms with Crippen LogP contribution in [0.2, 0.25) is 0 Å². The predicted octanol–water partition coefficient (Wildman–Crippen LogP) is 3.71. The van der Waals surface area contributed by atoms with Gasteiger partial charge in [0.2, 0.25) is 5.91 Å². The lowest BCUT2D eigenvalue weighted by Crippen LogP contribution is -2.38. The minimum atomic E-state index is -0.0920. The predicted molar refractivity (Wildman–Crippen MR) is 119 cm³/mol. The Kier molecular flexibility index (Phi) is 6.56. The van der Waals surface area contributed by atoms with Crippen LogP contribution in [0.15, 0.2) is 29.3 Å². The molecular weight excluding hydrogens is 396 g/mol. The lowest BCUT2D eigenvalue weighted by molar-refractivity contribution is -0.113. The molecule has 1 saturated heterocycles. The number of nitrogens with zero attached hydrogens (tertiary/aromatic N) is 3. The number of amides is 1. The Bertz CT molecular complexity index is 980. The average molecular weight is 423 g/mol. The van der Waals surface area contributed by atoms with Crippen molar-refractivity contribution in [1.82, 2.24) is 4.98 Å². The molecule has 2 aliphatic rings. The number of carbonyl (C=O) groups excluding carboxylic acids is 1. The van der Waals surface area contributed by atoms with Crippen molar-refractivity contribution < 1.29 is 9.53 Å². The summed E-state index contributed by atoms with van der Waals surface area (Å²) >= 11 is 1.35. The summed E-state index contributed by atoms with van der Waals surface area (Å²) in [4.78, 5) is 19.7. The second-order valence-electron chi connectivity index (χ2n) is 7.64. The summed E-state index contributed by atoms with van der Waals surface area (Å²) in [6, 6.07) is 10.1. The smallest absolute Gasteiger partial charge is 0.234 e. The maximum absolute atomic E-state index is 12.5. The summed E-state index contributed by atoms with van der Waals surface area (Å²) in [5.41, 5.74) is 4.83. The molecule has 2 aromatic rings. The first-order valence-electron chi connectivity index (χ1n) is 10.4. The van der Waals surface area contributed by atoms with E-state index in [-0.39, 0.29) is 11.7 Å². The number of anilines is 2. The molecule has 6 nitrogen and oxygen atoms in total. The highest BCUT2D eigenvalue weighted by Gasteiger charge is 2.26. The van der Waals surface area contributed by atoms with E-state index in [2.05, 4.69) is 16.3 Å². The van der Waals surface area contributed by atoms with Gasteiger partial charge in [0.15, 0.2) is 0 Å². The molecule has 2 heterocycles. The first kappa shape index (κ1) is 20.7. The Morgan fingerprint density at radius 2 is 1.97 bits per heavy atom. The summed E-state index contributed by atoms with van der Waals surface area (Å²) in [7, 11) is 0. The number of para-hydroxylation sites is 1. The van der Waals surface area contributed by atoms with Crippen molar-refractivity contribution in [2.24, 2.45) is 0 Å². The van der Waals surface area contributed by atoms with E-state index < -0.39 is 0 Å². The highest BCUT2D eigenvalue weighted by molar-refractivity contribution is 8.00. The minimum Gasteiger partial charge on any atom is -0.378 e. The summed E-state index contributed by atoms with van der Waals surface area (Å²) < 4.78 is 5.51. The number of hydrogen-bond donors (Lipinski definition) is 1. The largest absolute Gasteiger partial charge is 0.378 e. The number of nitrogens with one attached hydrogen (secondary N) is 1. The van der Waals surface area contributed by atoms with Crippen molar-refractivity contribution in [2.75, 3.05) is 42.3 Å². The topological polar surface area (TPSA) is 78.2 Å². The van der Waals surface area contributed by atoms with Crippen molar-refractivity contribution in [1.29, 1.82) is 5.26 Å². The van der Waals surface area contributed by atoms with E-state index >= 15 is 0 Å². The molecule has 1 aliphatic carbocycles. The van der Waals surface area contributed by atoms with Crippen molar-refractivity contribution >= 4 is 29.2 Å². The van der Waals surface area contributed by atoms with Crippen LogP contribution in [-0.2, 0) is 22.4 Å². The molecule has 7 heteroatoms. The molecule has 0 spiro atoms. The van der Waals surface area contributed by atoms with Gasteiger partial charge >= 0.3 is 0 Å². The van der Waals surface area contributed by atoms with E-state index in [1.54, 1.807) is 0 Å². The molecule has 156 valence electrons. The Morgan fingerprint density at radius 1 is 1.23 bits per heavy atom. The Morgan fingerprint density at radius 3 is 2.70 bits per heavy atom. The van der Waals surface area contributed by atoms with Gasteiger partial charge < -0.3 is 15.0 Å². The normalized spacial score (nSPS) is 15.9. The number of ether oxygens (including phenoxy) is 1. The van der Waals surface area contributed by atoms with E-state index in [4.69, 9.17) is 9.72 Å². The minimum absolute atomic E-state index is 0.0920. The molecular formula is C23H26N4O2S. The Labute approximate surface area is 181 Å². The number of thioether (sulfide) groups is 1. The molecule has 30 heavy (non-hydrogen) atoms. The number of nitriles is 1. The van der Waals surface area contributed by atoms with E-state index in [1.807, 2.05) is 31.2 Å². The van der Waals surface area contributed by atoms with Gasteiger partial charge in [0, 0.05) is 18.8 Å². The van der Waals surface area contributed by atoms with Crippen LogP contribution in [0.25, 0.3) is 0 Å². The van der Waals surface area contributed by atoms with Crippen LogP contribution in [0.4, 0.5) is 11.5 Å². The van der Waals surface area contributed by atoms with Gasteiger partial charge in [-0.15, -0.1) is 0 Å². The number of aryl methyl sites for hydroxylation is 1. The van der Waals surface area contributed by atoms with Gasteiger partial charge in [-0.25, -0.2) is 4.98 Å². The van der Waals surface area contributed by atoms with Crippen molar-refractivity contribution in [2.45, 2.75) is 37.6 Å². The molecule has 0 bridgehead atoms. The van der Waals surface area contributed by atoms with Crippen molar-refractivity contribution in [3.63, 3.8) is 0 Å². The first-order valence-corrected chi connectivity index (χ1v) is 11.4. The number of carbonyl (C=O) groups is 1. The lowest BCUT2D eigenvalue weighted by Gasteiger charge is -2.32. The molecule has 0 saturated carbocycles. The molecule has 1 aromatic carbocycles. The average Bonchev–Trinajstić information content (AvgIpc) is 2.79. The maximum atomic E-state index is 12.5. The zero-order chi connectivity index (χ0) is 20.9. The van der Waals surface area contributed by atoms with Gasteiger partial charge in [-0.05, 0) is 55.4 Å². The fourth-order valence-electron chi connectivity index (χ4n) is 4.07. The molecule has 1 aromatic heterocycles. The SMILES string of the molecule is Cc1ccccc1NC(=O)CSc1nc(N2CCOCC2)c2c(c1C#N)CCCC2. The van der Waals surface area contributed by atoms with Crippen molar-refractivity contribution in [3.05, 3.63) is 46.5 Å². The van der Waals surface area contributed by atoms with Crippen LogP contribution in [0.1, 0.15) is 35.1 Å². The Hall–Kier alpha value is -2.56. The van der Waals surface area contributed by atoms with E-state index in [0.717, 1.165) is 61.4 Å². The van der Waals surface area contributed by atoms with Crippen molar-refractivity contribution in [3.8, 4) is 6.07 Å². The van der Waals surface area contributed by atoms with Gasteiger partial charge in [0.05, 0.1) is 24.5 Å². The number of hydrogen-bond acceptors (Lipinski definition) is 6. The third-order valence-electron chi connectivity index (χ3n) is 5.64. The maximum Gasteiger partial charge on any atom is 0.234 e. The van der Waals surface area contributed by atoms with Crippen LogP contribution in [-0.4, -0.2) is 42.9 Å². The zero-order valence-corrected chi connectivity index (χ0v) is 18.1. The van der Waals surface area contributed by atoms with Crippen LogP contribution in [0.5, 0.6) is 0 Å².